The van der Waals surface area contributed by atoms with Gasteiger partial charge in [0.1, 0.15) is 18.2 Å². The molecule has 2 aromatic rings. The summed E-state index contributed by atoms with van der Waals surface area (Å²) in [4.78, 5) is 27.0. The van der Waals surface area contributed by atoms with Gasteiger partial charge in [-0.15, -0.1) is 0 Å². The summed E-state index contributed by atoms with van der Waals surface area (Å²) in [6.45, 7) is 3.08. The van der Waals surface area contributed by atoms with Crippen LogP contribution in [0.15, 0.2) is 36.5 Å². The molecule has 1 aromatic carbocycles. The number of ether oxygens (including phenoxy) is 1. The summed E-state index contributed by atoms with van der Waals surface area (Å²) in [5.41, 5.74) is -0.0852. The number of benzene rings is 1. The van der Waals surface area contributed by atoms with Crippen LogP contribution in [0.2, 0.25) is 0 Å². The van der Waals surface area contributed by atoms with E-state index in [2.05, 4.69) is 15.6 Å². The number of aromatic nitrogens is 1. The molecule has 0 atom stereocenters. The zero-order valence-electron chi connectivity index (χ0n) is 14.7. The van der Waals surface area contributed by atoms with E-state index in [4.69, 9.17) is 4.74 Å². The minimum absolute atomic E-state index is 0.0849. The summed E-state index contributed by atoms with van der Waals surface area (Å²) in [5.74, 6) is -0.127. The normalized spacial score (nSPS) is 11.0. The number of anilines is 1. The van der Waals surface area contributed by atoms with E-state index < -0.39 is 17.6 Å². The van der Waals surface area contributed by atoms with Crippen molar-refractivity contribution >= 4 is 17.6 Å². The lowest BCUT2D eigenvalue weighted by molar-refractivity contribution is -0.137. The molecule has 0 unspecified atom stereocenters. The number of nitrogens with zero attached hydrogens (tertiary/aromatic N) is 1. The van der Waals surface area contributed by atoms with Gasteiger partial charge >= 0.3 is 6.18 Å². The Kier molecular flexibility index (Phi) is 6.38. The topological polar surface area (TPSA) is 80.3 Å². The van der Waals surface area contributed by atoms with E-state index in [1.807, 2.05) is 0 Å². The average molecular weight is 381 g/mol. The Balaban J connectivity index is 1.86. The van der Waals surface area contributed by atoms with Gasteiger partial charge in [-0.3, -0.25) is 9.59 Å². The van der Waals surface area contributed by atoms with Crippen molar-refractivity contribution in [3.05, 3.63) is 53.2 Å². The van der Waals surface area contributed by atoms with Crippen LogP contribution in [-0.4, -0.2) is 29.9 Å². The van der Waals surface area contributed by atoms with E-state index in [1.54, 1.807) is 0 Å². The highest BCUT2D eigenvalue weighted by molar-refractivity contribution is 5.96. The van der Waals surface area contributed by atoms with Crippen LogP contribution in [0.4, 0.5) is 19.0 Å². The van der Waals surface area contributed by atoms with Crippen LogP contribution in [0.3, 0.4) is 0 Å². The van der Waals surface area contributed by atoms with E-state index in [0.717, 1.165) is 12.1 Å². The first-order chi connectivity index (χ1) is 12.7. The third-order valence-electron chi connectivity index (χ3n) is 3.47. The second-order valence-corrected chi connectivity index (χ2v) is 5.69. The molecular weight excluding hydrogens is 363 g/mol. The Morgan fingerprint density at radius 3 is 2.56 bits per heavy atom. The van der Waals surface area contributed by atoms with Crippen LogP contribution in [0, 0.1) is 6.92 Å². The first-order valence-electron chi connectivity index (χ1n) is 7.99. The van der Waals surface area contributed by atoms with Crippen LogP contribution in [0.5, 0.6) is 5.75 Å². The van der Waals surface area contributed by atoms with Gasteiger partial charge in [-0.2, -0.15) is 13.2 Å². The Bertz CT molecular complexity index is 838. The van der Waals surface area contributed by atoms with Crippen molar-refractivity contribution in [2.24, 2.45) is 0 Å². The highest BCUT2D eigenvalue weighted by atomic mass is 19.4. The fourth-order valence-electron chi connectivity index (χ4n) is 2.24. The van der Waals surface area contributed by atoms with Crippen molar-refractivity contribution in [1.29, 1.82) is 0 Å². The number of aryl methyl sites for hydroxylation is 1. The van der Waals surface area contributed by atoms with Crippen molar-refractivity contribution in [3.63, 3.8) is 0 Å². The first kappa shape index (κ1) is 20.2. The molecule has 2 rings (SSSR count). The summed E-state index contributed by atoms with van der Waals surface area (Å²) in [6, 6.07) is 6.12. The fraction of sp³-hybridized carbons (Fsp3) is 0.278. The third kappa shape index (κ3) is 5.98. The Morgan fingerprint density at radius 2 is 1.93 bits per heavy atom. The molecule has 0 aliphatic heterocycles. The maximum absolute atomic E-state index is 12.6. The number of carbonyl (C=O) groups excluding carboxylic acids is 2. The Hall–Kier alpha value is -3.10. The average Bonchev–Trinajstić information content (AvgIpc) is 2.58. The summed E-state index contributed by atoms with van der Waals surface area (Å²) in [7, 11) is 0. The van der Waals surface area contributed by atoms with Crippen molar-refractivity contribution in [2.45, 2.75) is 20.0 Å². The van der Waals surface area contributed by atoms with E-state index in [9.17, 15) is 22.8 Å². The van der Waals surface area contributed by atoms with Gasteiger partial charge in [-0.05, 0) is 42.8 Å². The molecule has 1 heterocycles. The van der Waals surface area contributed by atoms with Gasteiger partial charge in [0.2, 0.25) is 5.91 Å². The van der Waals surface area contributed by atoms with Gasteiger partial charge in [0.05, 0.1) is 12.1 Å². The largest absolute Gasteiger partial charge is 0.491 e. The number of nitrogens with one attached hydrogen (secondary N) is 2. The number of amides is 2. The van der Waals surface area contributed by atoms with E-state index in [0.29, 0.717) is 16.9 Å². The predicted octanol–water partition coefficient (Wildman–Crippen LogP) is 3.18. The minimum atomic E-state index is -4.40. The maximum atomic E-state index is 12.6. The molecule has 0 aliphatic carbocycles. The molecule has 6 nitrogen and oxygen atoms in total. The molecule has 0 saturated heterocycles. The monoisotopic (exact) mass is 381 g/mol. The summed E-state index contributed by atoms with van der Waals surface area (Å²) in [6.07, 6.45) is -3.01. The summed E-state index contributed by atoms with van der Waals surface area (Å²) >= 11 is 0. The molecule has 2 amide bonds. The van der Waals surface area contributed by atoms with Crippen molar-refractivity contribution < 1.29 is 27.5 Å². The van der Waals surface area contributed by atoms with Crippen molar-refractivity contribution in [2.75, 3.05) is 18.5 Å². The Labute approximate surface area is 153 Å². The molecular formula is C18H18F3N3O3. The molecule has 0 bridgehead atoms. The number of halogens is 3. The summed E-state index contributed by atoms with van der Waals surface area (Å²) in [5, 5.41) is 5.10. The molecule has 0 aliphatic rings. The lowest BCUT2D eigenvalue weighted by Gasteiger charge is -2.13. The molecule has 27 heavy (non-hydrogen) atoms. The lowest BCUT2D eigenvalue weighted by Crippen LogP contribution is -2.28. The van der Waals surface area contributed by atoms with Crippen LogP contribution in [0.1, 0.15) is 28.4 Å². The van der Waals surface area contributed by atoms with E-state index in [-0.39, 0.29) is 24.9 Å². The predicted molar refractivity (Wildman–Crippen MR) is 92.5 cm³/mol. The number of carbonyl (C=O) groups is 2. The second kappa shape index (κ2) is 8.52. The minimum Gasteiger partial charge on any atom is -0.491 e. The van der Waals surface area contributed by atoms with Crippen LogP contribution < -0.4 is 15.4 Å². The van der Waals surface area contributed by atoms with E-state index in [1.165, 1.54) is 38.2 Å². The van der Waals surface area contributed by atoms with Crippen LogP contribution in [-0.2, 0) is 11.0 Å². The van der Waals surface area contributed by atoms with Gasteiger partial charge in [0.25, 0.3) is 5.91 Å². The SMILES string of the molecule is CC(=O)Nc1cc(C(=O)NCCOc2ccc(C(F)(F)F)cc2C)ccn1. The van der Waals surface area contributed by atoms with Crippen molar-refractivity contribution in [3.8, 4) is 5.75 Å². The number of hydrogen-bond acceptors (Lipinski definition) is 4. The van der Waals surface area contributed by atoms with Gasteiger partial charge in [0, 0.05) is 18.7 Å². The van der Waals surface area contributed by atoms with Gasteiger partial charge in [-0.1, -0.05) is 0 Å². The zero-order valence-corrected chi connectivity index (χ0v) is 14.7. The third-order valence-corrected chi connectivity index (χ3v) is 3.47. The van der Waals surface area contributed by atoms with E-state index >= 15 is 0 Å². The molecule has 0 fully saturated rings. The smallest absolute Gasteiger partial charge is 0.416 e. The highest BCUT2D eigenvalue weighted by Gasteiger charge is 2.30. The number of rotatable bonds is 6. The molecule has 0 radical (unpaired) electrons. The maximum Gasteiger partial charge on any atom is 0.416 e. The van der Waals surface area contributed by atoms with Crippen molar-refractivity contribution in [1.82, 2.24) is 10.3 Å². The molecule has 9 heteroatoms. The quantitative estimate of drug-likeness (QED) is 0.754. The zero-order chi connectivity index (χ0) is 20.0. The van der Waals surface area contributed by atoms with Gasteiger partial charge in [-0.25, -0.2) is 4.98 Å². The van der Waals surface area contributed by atoms with Gasteiger partial charge in [0.15, 0.2) is 0 Å². The van der Waals surface area contributed by atoms with Gasteiger partial charge < -0.3 is 15.4 Å². The highest BCUT2D eigenvalue weighted by Crippen LogP contribution is 2.32. The van der Waals surface area contributed by atoms with Crippen LogP contribution in [0.25, 0.3) is 0 Å². The number of pyridine rings is 1. The fourth-order valence-corrected chi connectivity index (χ4v) is 2.24. The molecule has 2 N–H and O–H groups in total. The molecule has 0 saturated carbocycles. The molecule has 144 valence electrons. The molecule has 0 spiro atoms. The second-order valence-electron chi connectivity index (χ2n) is 5.69. The Morgan fingerprint density at radius 1 is 1.19 bits per heavy atom. The number of hydrogen-bond donors (Lipinski definition) is 2. The molecule has 1 aromatic heterocycles. The lowest BCUT2D eigenvalue weighted by atomic mass is 10.1. The summed E-state index contributed by atoms with van der Waals surface area (Å²) < 4.78 is 43.3. The number of alkyl halides is 3. The standard InChI is InChI=1S/C18H18F3N3O3/c1-11-9-14(18(19,20)21)3-4-15(11)27-8-7-23-17(26)13-5-6-22-16(10-13)24-12(2)25/h3-6,9-10H,7-8H2,1-2H3,(H,23,26)(H,22,24,25). The van der Waals surface area contributed by atoms with Crippen LogP contribution >= 0.6 is 0 Å². The first-order valence-corrected chi connectivity index (χ1v) is 7.99.